The van der Waals surface area contributed by atoms with Gasteiger partial charge in [-0.15, -0.1) is 0 Å². The maximum Gasteiger partial charge on any atom is 0.203 e. The fraction of sp³-hybridized carbons (Fsp3) is 0.0556. The number of aryl methyl sites for hydroxylation is 1. The molecule has 4 heteroatoms. The summed E-state index contributed by atoms with van der Waals surface area (Å²) < 4.78 is 0. The summed E-state index contributed by atoms with van der Waals surface area (Å²) in [6.45, 7) is 1.91. The normalized spacial score (nSPS) is 10.8. The Kier molecular flexibility index (Phi) is 4.50. The predicted molar refractivity (Wildman–Crippen MR) is 79.9 cm³/mol. The summed E-state index contributed by atoms with van der Waals surface area (Å²) in [5, 5.41) is 19.9. The molecule has 0 aromatic heterocycles. The van der Waals surface area contributed by atoms with Crippen LogP contribution in [0.15, 0.2) is 54.1 Å². The number of Topliss-reactive ketones (excluding diaryl/α,β-unsaturated/α-hetero) is 1. The van der Waals surface area contributed by atoms with Crippen LogP contribution in [0.5, 0.6) is 0 Å². The van der Waals surface area contributed by atoms with Gasteiger partial charge in [-0.25, -0.2) is 0 Å². The third-order valence-electron chi connectivity index (χ3n) is 3.14. The van der Waals surface area contributed by atoms with Gasteiger partial charge in [0.2, 0.25) is 5.78 Å². The zero-order valence-corrected chi connectivity index (χ0v) is 11.9. The predicted octanol–water partition coefficient (Wildman–Crippen LogP) is 2.15. The lowest BCUT2D eigenvalue weighted by Crippen LogP contribution is -2.21. The molecule has 0 saturated heterocycles. The molecule has 108 valence electrons. The number of benzene rings is 2. The first-order valence-electron chi connectivity index (χ1n) is 6.56. The molecule has 0 radical (unpaired) electrons. The molecule has 0 amide bonds. The Morgan fingerprint density at radius 1 is 1.00 bits per heavy atom. The molecule has 0 spiro atoms. The van der Waals surface area contributed by atoms with Crippen molar-refractivity contribution in [1.29, 1.82) is 5.26 Å². The molecular formula is C18H12NO3-. The van der Waals surface area contributed by atoms with E-state index in [1.807, 2.05) is 13.0 Å². The van der Waals surface area contributed by atoms with Crippen molar-refractivity contribution in [2.24, 2.45) is 0 Å². The van der Waals surface area contributed by atoms with Gasteiger partial charge in [-0.1, -0.05) is 54.1 Å². The summed E-state index contributed by atoms with van der Waals surface area (Å²) in [7, 11) is 0. The maximum absolute atomic E-state index is 12.3. The van der Waals surface area contributed by atoms with E-state index in [1.54, 1.807) is 24.3 Å². The number of carboxylic acid groups (broad SMARTS) is 1. The second kappa shape index (κ2) is 6.51. The molecule has 2 aromatic carbocycles. The van der Waals surface area contributed by atoms with Gasteiger partial charge < -0.3 is 9.90 Å². The summed E-state index contributed by atoms with van der Waals surface area (Å²) in [4.78, 5) is 23.0. The number of nitriles is 1. The van der Waals surface area contributed by atoms with Crippen LogP contribution >= 0.6 is 0 Å². The first-order valence-corrected chi connectivity index (χ1v) is 6.56. The van der Waals surface area contributed by atoms with Crippen LogP contribution in [0.3, 0.4) is 0 Å². The molecule has 0 fully saturated rings. The number of carbonyl (C=O) groups is 2. The van der Waals surface area contributed by atoms with Crippen molar-refractivity contribution in [1.82, 2.24) is 0 Å². The van der Waals surface area contributed by atoms with Gasteiger partial charge >= 0.3 is 0 Å². The van der Waals surface area contributed by atoms with E-state index in [2.05, 4.69) is 0 Å². The van der Waals surface area contributed by atoms with Crippen molar-refractivity contribution in [2.75, 3.05) is 0 Å². The van der Waals surface area contributed by atoms with E-state index in [-0.39, 0.29) is 16.9 Å². The number of aromatic carboxylic acids is 1. The minimum absolute atomic E-state index is 0.00921. The molecule has 0 N–H and O–H groups in total. The lowest BCUT2D eigenvalue weighted by atomic mass is 10.0. The highest BCUT2D eigenvalue weighted by molar-refractivity contribution is 6.14. The van der Waals surface area contributed by atoms with Gasteiger partial charge in [0.25, 0.3) is 0 Å². The number of hydrogen-bond donors (Lipinski definition) is 0. The number of rotatable bonds is 4. The fourth-order valence-electron chi connectivity index (χ4n) is 1.89. The van der Waals surface area contributed by atoms with Crippen LogP contribution in [0.2, 0.25) is 0 Å². The average Bonchev–Trinajstić information content (AvgIpc) is 2.53. The molecule has 0 saturated carbocycles. The van der Waals surface area contributed by atoms with Crippen LogP contribution in [0, 0.1) is 18.3 Å². The van der Waals surface area contributed by atoms with E-state index in [1.165, 1.54) is 30.3 Å². The molecular weight excluding hydrogens is 278 g/mol. The summed E-state index contributed by atoms with van der Waals surface area (Å²) >= 11 is 0. The van der Waals surface area contributed by atoms with E-state index in [4.69, 9.17) is 0 Å². The molecule has 2 rings (SSSR count). The number of hydrogen-bond acceptors (Lipinski definition) is 4. The van der Waals surface area contributed by atoms with Crippen LogP contribution in [-0.4, -0.2) is 11.8 Å². The molecule has 0 aliphatic carbocycles. The van der Waals surface area contributed by atoms with Gasteiger partial charge in [-0.05, 0) is 24.1 Å². The quantitative estimate of drug-likeness (QED) is 0.491. The lowest BCUT2D eigenvalue weighted by molar-refractivity contribution is -0.255. The molecule has 0 heterocycles. The summed E-state index contributed by atoms with van der Waals surface area (Å²) in [6.07, 6.45) is 1.43. The first-order chi connectivity index (χ1) is 10.5. The van der Waals surface area contributed by atoms with Crippen LogP contribution < -0.4 is 5.11 Å². The summed E-state index contributed by atoms with van der Waals surface area (Å²) in [5.74, 6) is -1.64. The topological polar surface area (TPSA) is 81.0 Å². The Morgan fingerprint density at radius 2 is 1.55 bits per heavy atom. The van der Waals surface area contributed by atoms with Crippen LogP contribution in [0.1, 0.15) is 31.8 Å². The fourth-order valence-corrected chi connectivity index (χ4v) is 1.89. The van der Waals surface area contributed by atoms with Crippen molar-refractivity contribution in [3.8, 4) is 6.07 Å². The molecule has 0 aliphatic rings. The van der Waals surface area contributed by atoms with E-state index >= 15 is 0 Å². The van der Waals surface area contributed by atoms with Crippen LogP contribution in [0.25, 0.3) is 6.08 Å². The minimum atomic E-state index is -1.27. The zero-order valence-electron chi connectivity index (χ0n) is 11.9. The molecule has 22 heavy (non-hydrogen) atoms. The second-order valence-corrected chi connectivity index (χ2v) is 4.77. The molecule has 0 aliphatic heterocycles. The molecule has 0 unspecified atom stereocenters. The van der Waals surface area contributed by atoms with Crippen molar-refractivity contribution in [3.05, 3.63) is 76.4 Å². The van der Waals surface area contributed by atoms with Gasteiger partial charge in [0.05, 0.1) is 5.97 Å². The van der Waals surface area contributed by atoms with E-state index in [9.17, 15) is 20.0 Å². The summed E-state index contributed by atoms with van der Waals surface area (Å²) in [6, 6.07) is 14.6. The Labute approximate surface area is 127 Å². The average molecular weight is 290 g/mol. The number of carbonyl (C=O) groups excluding carboxylic acids is 2. The monoisotopic (exact) mass is 290 g/mol. The molecule has 0 atom stereocenters. The van der Waals surface area contributed by atoms with Crippen LogP contribution in [-0.2, 0) is 0 Å². The van der Waals surface area contributed by atoms with Crippen LogP contribution in [0.4, 0.5) is 0 Å². The van der Waals surface area contributed by atoms with Gasteiger partial charge in [0, 0.05) is 5.56 Å². The van der Waals surface area contributed by atoms with Crippen molar-refractivity contribution < 1.29 is 14.7 Å². The Bertz CT molecular complexity index is 779. The second-order valence-electron chi connectivity index (χ2n) is 4.77. The highest BCUT2D eigenvalue weighted by Gasteiger charge is 2.11. The van der Waals surface area contributed by atoms with Crippen molar-refractivity contribution in [3.63, 3.8) is 0 Å². The Hall–Kier alpha value is -3.19. The molecule has 2 aromatic rings. The SMILES string of the molecule is Cc1ccc(C(=O)/C(C#N)=C/c2ccc(C(=O)[O-])cc2)cc1. The van der Waals surface area contributed by atoms with E-state index < -0.39 is 5.97 Å². The highest BCUT2D eigenvalue weighted by Crippen LogP contribution is 2.14. The first kappa shape index (κ1) is 15.2. The number of carboxylic acids is 1. The minimum Gasteiger partial charge on any atom is -0.545 e. The lowest BCUT2D eigenvalue weighted by Gasteiger charge is -2.03. The standard InChI is InChI=1S/C18H13NO3/c1-12-2-6-14(7-3-12)17(20)16(11-19)10-13-4-8-15(9-5-13)18(21)22/h2-10H,1H3,(H,21,22)/p-1/b16-10+. The Balaban J connectivity index is 2.31. The smallest absolute Gasteiger partial charge is 0.203 e. The molecule has 4 nitrogen and oxygen atoms in total. The third-order valence-corrected chi connectivity index (χ3v) is 3.14. The van der Waals surface area contributed by atoms with E-state index in [0.29, 0.717) is 11.1 Å². The van der Waals surface area contributed by atoms with E-state index in [0.717, 1.165) is 5.56 Å². The van der Waals surface area contributed by atoms with Gasteiger partial charge in [0.1, 0.15) is 11.6 Å². The number of nitrogens with zero attached hydrogens (tertiary/aromatic N) is 1. The van der Waals surface area contributed by atoms with Gasteiger partial charge in [-0.3, -0.25) is 4.79 Å². The Morgan fingerprint density at radius 3 is 2.05 bits per heavy atom. The maximum atomic E-state index is 12.3. The van der Waals surface area contributed by atoms with Crippen molar-refractivity contribution in [2.45, 2.75) is 6.92 Å². The van der Waals surface area contributed by atoms with Gasteiger partial charge in [0.15, 0.2) is 0 Å². The largest absolute Gasteiger partial charge is 0.545 e. The van der Waals surface area contributed by atoms with Gasteiger partial charge in [-0.2, -0.15) is 5.26 Å². The zero-order chi connectivity index (χ0) is 16.1. The third kappa shape index (κ3) is 3.47. The highest BCUT2D eigenvalue weighted by atomic mass is 16.4. The number of allylic oxidation sites excluding steroid dienone is 1. The molecule has 0 bridgehead atoms. The van der Waals surface area contributed by atoms with Crippen molar-refractivity contribution >= 4 is 17.8 Å². The summed E-state index contributed by atoms with van der Waals surface area (Å²) in [5.41, 5.74) is 2.06. The number of ketones is 1.